The van der Waals surface area contributed by atoms with E-state index in [1.54, 1.807) is 13.2 Å². The quantitative estimate of drug-likeness (QED) is 0.272. The van der Waals surface area contributed by atoms with Gasteiger partial charge >= 0.3 is 0 Å². The Morgan fingerprint density at radius 1 is 1.03 bits per heavy atom. The van der Waals surface area contributed by atoms with Crippen molar-refractivity contribution >= 4 is 29.9 Å². The number of nitrogens with zero attached hydrogens (tertiary/aromatic N) is 2. The Balaban J connectivity index is 0.00000450. The van der Waals surface area contributed by atoms with Crippen molar-refractivity contribution < 1.29 is 14.2 Å². The molecule has 0 aliphatic heterocycles. The van der Waals surface area contributed by atoms with E-state index in [2.05, 4.69) is 27.5 Å². The summed E-state index contributed by atoms with van der Waals surface area (Å²) in [6.45, 7) is 10.3. The minimum Gasteiger partial charge on any atom is -0.490 e. The monoisotopic (exact) mass is 528 g/mol. The first-order chi connectivity index (χ1) is 14.1. The molecule has 0 aliphatic carbocycles. The van der Waals surface area contributed by atoms with E-state index in [0.29, 0.717) is 38.2 Å². The fourth-order valence-electron chi connectivity index (χ4n) is 2.82. The second kappa shape index (κ2) is 13.9. The van der Waals surface area contributed by atoms with Gasteiger partial charge in [0.25, 0.3) is 0 Å². The second-order valence-electron chi connectivity index (χ2n) is 6.26. The van der Waals surface area contributed by atoms with E-state index >= 15 is 0 Å². The zero-order valence-electron chi connectivity index (χ0n) is 18.4. The number of benzene rings is 1. The number of hydrogen-bond donors (Lipinski definition) is 2. The highest BCUT2D eigenvalue weighted by atomic mass is 127. The van der Waals surface area contributed by atoms with Crippen molar-refractivity contribution in [3.8, 4) is 17.4 Å². The van der Waals surface area contributed by atoms with Crippen LogP contribution >= 0.6 is 24.0 Å². The van der Waals surface area contributed by atoms with Crippen LogP contribution in [0.25, 0.3) is 0 Å². The summed E-state index contributed by atoms with van der Waals surface area (Å²) in [7, 11) is 1.75. The van der Waals surface area contributed by atoms with Gasteiger partial charge in [-0.1, -0.05) is 12.1 Å². The molecule has 0 bridgehead atoms. The van der Waals surface area contributed by atoms with E-state index in [-0.39, 0.29) is 30.0 Å². The summed E-state index contributed by atoms with van der Waals surface area (Å²) in [5.74, 6) is 2.84. The summed E-state index contributed by atoms with van der Waals surface area (Å²) < 4.78 is 17.0. The third-order valence-corrected chi connectivity index (χ3v) is 4.22. The maximum Gasteiger partial charge on any atom is 0.218 e. The van der Waals surface area contributed by atoms with Gasteiger partial charge in [-0.2, -0.15) is 0 Å². The number of pyridine rings is 1. The Morgan fingerprint density at radius 2 is 1.73 bits per heavy atom. The first kappa shape index (κ1) is 25.8. The SMILES string of the molecule is CCOc1ccc(C(C)NC(=NC)NCc2cccnc2OCC)cc1OCC.I. The van der Waals surface area contributed by atoms with Gasteiger partial charge in [0.2, 0.25) is 5.88 Å². The van der Waals surface area contributed by atoms with Crippen LogP contribution in [0.4, 0.5) is 0 Å². The molecule has 166 valence electrons. The van der Waals surface area contributed by atoms with Crippen LogP contribution in [0.5, 0.6) is 17.4 Å². The molecule has 2 rings (SSSR count). The highest BCUT2D eigenvalue weighted by Gasteiger charge is 2.13. The van der Waals surface area contributed by atoms with Gasteiger partial charge < -0.3 is 24.8 Å². The molecule has 30 heavy (non-hydrogen) atoms. The Kier molecular flexibility index (Phi) is 12.0. The second-order valence-corrected chi connectivity index (χ2v) is 6.26. The van der Waals surface area contributed by atoms with Crippen molar-refractivity contribution in [1.29, 1.82) is 0 Å². The van der Waals surface area contributed by atoms with Crippen molar-refractivity contribution in [1.82, 2.24) is 15.6 Å². The lowest BCUT2D eigenvalue weighted by Gasteiger charge is -2.20. The summed E-state index contributed by atoms with van der Waals surface area (Å²) in [6.07, 6.45) is 1.73. The Bertz CT molecular complexity index is 802. The van der Waals surface area contributed by atoms with Crippen LogP contribution < -0.4 is 24.8 Å². The molecule has 1 aromatic carbocycles. The van der Waals surface area contributed by atoms with Gasteiger partial charge in [0.15, 0.2) is 17.5 Å². The van der Waals surface area contributed by atoms with Crippen LogP contribution in [0.2, 0.25) is 0 Å². The van der Waals surface area contributed by atoms with Gasteiger partial charge in [-0.25, -0.2) is 4.98 Å². The van der Waals surface area contributed by atoms with Crippen molar-refractivity contribution in [3.05, 3.63) is 47.7 Å². The average molecular weight is 528 g/mol. The average Bonchev–Trinajstić information content (AvgIpc) is 2.73. The summed E-state index contributed by atoms with van der Waals surface area (Å²) in [5.41, 5.74) is 2.06. The van der Waals surface area contributed by atoms with Crippen molar-refractivity contribution in [3.63, 3.8) is 0 Å². The molecule has 8 heteroatoms. The van der Waals surface area contributed by atoms with Crippen LogP contribution in [0, 0.1) is 0 Å². The molecular weight excluding hydrogens is 495 g/mol. The molecule has 0 radical (unpaired) electrons. The van der Waals surface area contributed by atoms with Gasteiger partial charge in [-0.3, -0.25) is 4.99 Å². The van der Waals surface area contributed by atoms with Gasteiger partial charge in [0.05, 0.1) is 25.9 Å². The van der Waals surface area contributed by atoms with Gasteiger partial charge in [0, 0.05) is 25.4 Å². The predicted molar refractivity (Wildman–Crippen MR) is 131 cm³/mol. The van der Waals surface area contributed by atoms with Crippen LogP contribution in [0.3, 0.4) is 0 Å². The number of guanidine groups is 1. The van der Waals surface area contributed by atoms with Crippen LogP contribution in [0.1, 0.15) is 44.9 Å². The molecule has 2 N–H and O–H groups in total. The molecule has 0 spiro atoms. The molecular formula is C22H33IN4O3. The molecule has 1 atom stereocenters. The maximum absolute atomic E-state index is 5.73. The highest BCUT2D eigenvalue weighted by molar-refractivity contribution is 14.0. The number of aromatic nitrogens is 1. The van der Waals surface area contributed by atoms with E-state index in [1.807, 2.05) is 51.1 Å². The van der Waals surface area contributed by atoms with E-state index < -0.39 is 0 Å². The summed E-state index contributed by atoms with van der Waals surface area (Å²) in [5, 5.41) is 6.73. The normalized spacial score (nSPS) is 11.8. The first-order valence-corrected chi connectivity index (χ1v) is 10.1. The zero-order valence-corrected chi connectivity index (χ0v) is 20.7. The molecule has 1 heterocycles. The van der Waals surface area contributed by atoms with Crippen LogP contribution in [0.15, 0.2) is 41.5 Å². The van der Waals surface area contributed by atoms with Gasteiger partial charge in [-0.05, 0) is 51.5 Å². The van der Waals surface area contributed by atoms with Crippen molar-refractivity contribution in [2.75, 3.05) is 26.9 Å². The number of rotatable bonds is 10. The number of halogens is 1. The van der Waals surface area contributed by atoms with Gasteiger partial charge in [-0.15, -0.1) is 24.0 Å². The largest absolute Gasteiger partial charge is 0.490 e. The molecule has 7 nitrogen and oxygen atoms in total. The van der Waals surface area contributed by atoms with E-state index in [9.17, 15) is 0 Å². The molecule has 0 amide bonds. The fraction of sp³-hybridized carbons (Fsp3) is 0.455. The predicted octanol–water partition coefficient (Wildman–Crippen LogP) is 4.32. The lowest BCUT2D eigenvalue weighted by atomic mass is 10.1. The van der Waals surface area contributed by atoms with Crippen LogP contribution in [-0.2, 0) is 6.54 Å². The van der Waals surface area contributed by atoms with Gasteiger partial charge in [0.1, 0.15) is 0 Å². The third-order valence-electron chi connectivity index (χ3n) is 4.22. The summed E-state index contributed by atoms with van der Waals surface area (Å²) >= 11 is 0. The topological polar surface area (TPSA) is 77.0 Å². The molecule has 0 saturated carbocycles. The standard InChI is InChI=1S/C22H32N4O3.HI/c1-6-27-19-12-11-17(14-20(19)28-7-2)16(4)26-22(23-5)25-15-18-10-9-13-24-21(18)29-8-3;/h9-14,16H,6-8,15H2,1-5H3,(H2,23,25,26);1H. The summed E-state index contributed by atoms with van der Waals surface area (Å²) in [4.78, 5) is 8.61. The Morgan fingerprint density at radius 3 is 2.40 bits per heavy atom. The number of aliphatic imine (C=N–C) groups is 1. The zero-order chi connectivity index (χ0) is 21.1. The number of nitrogens with one attached hydrogen (secondary N) is 2. The van der Waals surface area contributed by atoms with Crippen LogP contribution in [-0.4, -0.2) is 37.8 Å². The Hall–Kier alpha value is -2.23. The minimum atomic E-state index is 0. The molecule has 0 aliphatic rings. The maximum atomic E-state index is 5.73. The van der Waals surface area contributed by atoms with Crippen molar-refractivity contribution in [2.45, 2.75) is 40.3 Å². The molecule has 0 saturated heterocycles. The molecule has 1 aromatic heterocycles. The smallest absolute Gasteiger partial charge is 0.218 e. The number of ether oxygens (including phenoxy) is 3. The molecule has 2 aromatic rings. The highest BCUT2D eigenvalue weighted by Crippen LogP contribution is 2.30. The Labute approximate surface area is 196 Å². The molecule has 1 unspecified atom stereocenters. The van der Waals surface area contributed by atoms with E-state index in [1.165, 1.54) is 0 Å². The van der Waals surface area contributed by atoms with E-state index in [4.69, 9.17) is 14.2 Å². The fourth-order valence-corrected chi connectivity index (χ4v) is 2.82. The van der Waals surface area contributed by atoms with E-state index in [0.717, 1.165) is 22.6 Å². The van der Waals surface area contributed by atoms with Crippen molar-refractivity contribution in [2.24, 2.45) is 4.99 Å². The minimum absolute atomic E-state index is 0. The molecule has 0 fully saturated rings. The first-order valence-electron chi connectivity index (χ1n) is 10.1. The lowest BCUT2D eigenvalue weighted by molar-refractivity contribution is 0.287. The lowest BCUT2D eigenvalue weighted by Crippen LogP contribution is -2.38. The number of hydrogen-bond acceptors (Lipinski definition) is 5. The summed E-state index contributed by atoms with van der Waals surface area (Å²) in [6, 6.07) is 9.90. The third kappa shape index (κ3) is 7.55.